The van der Waals surface area contributed by atoms with Crippen LogP contribution in [-0.4, -0.2) is 7.05 Å². The van der Waals surface area contributed by atoms with Crippen LogP contribution in [0.4, 0.5) is 5.69 Å². The second-order valence-electron chi connectivity index (χ2n) is 8.56. The number of aryl methyl sites for hydroxylation is 1. The Morgan fingerprint density at radius 3 is 2.29 bits per heavy atom. The summed E-state index contributed by atoms with van der Waals surface area (Å²) < 4.78 is 3.61. The summed E-state index contributed by atoms with van der Waals surface area (Å²) in [5.74, 6) is 0. The van der Waals surface area contributed by atoms with Crippen molar-refractivity contribution in [2.45, 2.75) is 4.90 Å². The van der Waals surface area contributed by atoms with Gasteiger partial charge in [0.05, 0.1) is 16.1 Å². The molecule has 170 valence electrons. The van der Waals surface area contributed by atoms with E-state index in [0.29, 0.717) is 0 Å². The Bertz CT molecular complexity index is 1700. The van der Waals surface area contributed by atoms with E-state index in [4.69, 9.17) is 0 Å². The summed E-state index contributed by atoms with van der Waals surface area (Å²) in [5.41, 5.74) is 2.60. The molecule has 1 aromatic heterocycles. The molecule has 1 aliphatic rings. The summed E-state index contributed by atoms with van der Waals surface area (Å²) in [6.45, 7) is 0. The summed E-state index contributed by atoms with van der Waals surface area (Å²) in [6, 6.07) is 26.1. The molecular weight excluding hydrogens is 464 g/mol. The third-order valence-electron chi connectivity index (χ3n) is 6.41. The van der Waals surface area contributed by atoms with E-state index in [2.05, 4.69) is 139 Å². The van der Waals surface area contributed by atoms with Crippen molar-refractivity contribution >= 4 is 66.6 Å². The molecule has 4 heteroatoms. The fourth-order valence-corrected chi connectivity index (χ4v) is 6.83. The van der Waals surface area contributed by atoms with Gasteiger partial charge in [-0.2, -0.15) is 4.57 Å². The van der Waals surface area contributed by atoms with Gasteiger partial charge in [-0.15, -0.1) is 0 Å². The van der Waals surface area contributed by atoms with Gasteiger partial charge in [0, 0.05) is 23.4 Å². The summed E-state index contributed by atoms with van der Waals surface area (Å²) >= 11 is 3.65. The highest BCUT2D eigenvalue weighted by Crippen LogP contribution is 2.48. The van der Waals surface area contributed by atoms with Crippen LogP contribution in [0, 0.1) is 0 Å². The molecule has 0 amide bonds. The molecule has 2 heterocycles. The van der Waals surface area contributed by atoms with Gasteiger partial charge in [-0.05, 0) is 35.0 Å². The highest BCUT2D eigenvalue weighted by Gasteiger charge is 2.23. The van der Waals surface area contributed by atoms with Crippen LogP contribution in [0.3, 0.4) is 0 Å². The minimum Gasteiger partial charge on any atom is -0.338 e. The predicted molar refractivity (Wildman–Crippen MR) is 154 cm³/mol. The number of benzene rings is 4. The quantitative estimate of drug-likeness (QED) is 0.185. The summed E-state index contributed by atoms with van der Waals surface area (Å²) in [7, 11) is 4.30. The van der Waals surface area contributed by atoms with Gasteiger partial charge in [0.15, 0.2) is 0 Å². The van der Waals surface area contributed by atoms with Gasteiger partial charge in [0.2, 0.25) is 5.52 Å². The zero-order chi connectivity index (χ0) is 23.8. The Labute approximate surface area is 213 Å². The molecule has 0 unspecified atom stereocenters. The molecule has 5 aromatic rings. The number of hydrogen-bond acceptors (Lipinski definition) is 3. The molecule has 0 radical (unpaired) electrons. The Morgan fingerprint density at radius 2 is 1.43 bits per heavy atom. The van der Waals surface area contributed by atoms with Gasteiger partial charge in [-0.25, -0.2) is 0 Å². The van der Waals surface area contributed by atoms with E-state index in [1.54, 1.807) is 0 Å². The van der Waals surface area contributed by atoms with E-state index in [1.165, 1.54) is 52.4 Å². The van der Waals surface area contributed by atoms with Crippen molar-refractivity contribution in [3.8, 4) is 0 Å². The molecular formula is C31H25N2S2+. The molecule has 0 fully saturated rings. The first-order chi connectivity index (χ1) is 17.2. The smallest absolute Gasteiger partial charge is 0.262 e. The van der Waals surface area contributed by atoms with E-state index in [0.717, 1.165) is 0 Å². The van der Waals surface area contributed by atoms with E-state index in [9.17, 15) is 0 Å². The van der Waals surface area contributed by atoms with Gasteiger partial charge in [0.1, 0.15) is 11.7 Å². The number of allylic oxidation sites excluding steroid dienone is 6. The van der Waals surface area contributed by atoms with Crippen molar-refractivity contribution in [3.05, 3.63) is 119 Å². The van der Waals surface area contributed by atoms with Crippen LogP contribution >= 0.6 is 23.1 Å². The molecule has 35 heavy (non-hydrogen) atoms. The van der Waals surface area contributed by atoms with Gasteiger partial charge < -0.3 is 4.90 Å². The number of nitrogens with zero attached hydrogens (tertiary/aromatic N) is 2. The lowest BCUT2D eigenvalue weighted by molar-refractivity contribution is -0.641. The lowest BCUT2D eigenvalue weighted by Gasteiger charge is -2.15. The Hall–Kier alpha value is -3.60. The summed E-state index contributed by atoms with van der Waals surface area (Å²) in [5, 5.41) is 7.65. The van der Waals surface area contributed by atoms with Crippen molar-refractivity contribution in [1.29, 1.82) is 0 Å². The molecule has 0 bridgehead atoms. The third kappa shape index (κ3) is 3.99. The fraction of sp³-hybridized carbons (Fsp3) is 0.0645. The normalized spacial score (nSPS) is 15.3. The lowest BCUT2D eigenvalue weighted by atomic mass is 10.1. The fourth-order valence-electron chi connectivity index (χ4n) is 4.67. The molecule has 6 rings (SSSR count). The molecule has 0 atom stereocenters. The first-order valence-corrected chi connectivity index (χ1v) is 13.3. The predicted octanol–water partition coefficient (Wildman–Crippen LogP) is 8.24. The molecule has 0 aliphatic carbocycles. The zero-order valence-corrected chi connectivity index (χ0v) is 21.3. The van der Waals surface area contributed by atoms with Gasteiger partial charge >= 0.3 is 0 Å². The number of hydrogen-bond donors (Lipinski definition) is 0. The number of anilines is 1. The van der Waals surface area contributed by atoms with Gasteiger partial charge in [-0.1, -0.05) is 108 Å². The van der Waals surface area contributed by atoms with E-state index < -0.39 is 0 Å². The van der Waals surface area contributed by atoms with Crippen LogP contribution < -0.4 is 9.47 Å². The minimum absolute atomic E-state index is 1.24. The standard InChI is InChI=1S/C31H25N2S2/c1-32-28(34-26-20-18-22-12-8-10-14-24(22)30(26)32)16-6-4-3-5-7-17-29-33(2)31-25-15-11-9-13-23(25)19-21-27(31)35-29/h3-21H,1-2H3/q+1. The molecule has 0 saturated heterocycles. The third-order valence-corrected chi connectivity index (χ3v) is 8.75. The van der Waals surface area contributed by atoms with Crippen LogP contribution in [-0.2, 0) is 7.05 Å². The van der Waals surface area contributed by atoms with Gasteiger partial charge in [0.25, 0.3) is 5.01 Å². The van der Waals surface area contributed by atoms with Crippen molar-refractivity contribution in [1.82, 2.24) is 0 Å². The van der Waals surface area contributed by atoms with Crippen LogP contribution in [0.25, 0.3) is 37.8 Å². The molecule has 4 aromatic carbocycles. The van der Waals surface area contributed by atoms with Crippen LogP contribution in [0.15, 0.2) is 119 Å². The van der Waals surface area contributed by atoms with Gasteiger partial charge in [-0.3, -0.25) is 0 Å². The van der Waals surface area contributed by atoms with Crippen LogP contribution in [0.2, 0.25) is 0 Å². The Balaban J connectivity index is 1.16. The minimum atomic E-state index is 1.24. The molecule has 0 N–H and O–H groups in total. The summed E-state index contributed by atoms with van der Waals surface area (Å²) in [6.07, 6.45) is 14.9. The second-order valence-corrected chi connectivity index (χ2v) is 10.7. The first kappa shape index (κ1) is 21.9. The molecule has 1 aliphatic heterocycles. The second kappa shape index (κ2) is 9.21. The highest BCUT2D eigenvalue weighted by molar-refractivity contribution is 8.03. The Morgan fingerprint density at radius 1 is 0.743 bits per heavy atom. The summed E-state index contributed by atoms with van der Waals surface area (Å²) in [4.78, 5) is 3.61. The highest BCUT2D eigenvalue weighted by atomic mass is 32.2. The van der Waals surface area contributed by atoms with E-state index in [1.807, 2.05) is 23.1 Å². The van der Waals surface area contributed by atoms with Crippen molar-refractivity contribution in [2.24, 2.45) is 7.05 Å². The van der Waals surface area contributed by atoms with E-state index >= 15 is 0 Å². The number of thiazole rings is 1. The average Bonchev–Trinajstić information content (AvgIpc) is 3.39. The maximum absolute atomic E-state index is 2.29. The topological polar surface area (TPSA) is 7.12 Å². The maximum atomic E-state index is 2.29. The lowest BCUT2D eigenvalue weighted by Crippen LogP contribution is -2.29. The van der Waals surface area contributed by atoms with Crippen LogP contribution in [0.1, 0.15) is 5.01 Å². The van der Waals surface area contributed by atoms with Crippen molar-refractivity contribution in [3.63, 3.8) is 0 Å². The zero-order valence-electron chi connectivity index (χ0n) is 19.7. The average molecular weight is 490 g/mol. The first-order valence-electron chi connectivity index (χ1n) is 11.7. The number of aromatic nitrogens is 1. The Kier molecular flexibility index (Phi) is 5.77. The molecule has 2 nitrogen and oxygen atoms in total. The largest absolute Gasteiger partial charge is 0.338 e. The van der Waals surface area contributed by atoms with Crippen LogP contribution in [0.5, 0.6) is 0 Å². The maximum Gasteiger partial charge on any atom is 0.262 e. The molecule has 0 spiro atoms. The number of fused-ring (bicyclic) bond motifs is 6. The van der Waals surface area contributed by atoms with Crippen molar-refractivity contribution < 1.29 is 4.57 Å². The number of rotatable bonds is 4. The SMILES string of the molecule is CN1/C(=C/C=C/C=C/C=C/c2sc3ccc4ccccc4c3[n+]2C)Sc2ccc3ccccc3c21. The van der Waals surface area contributed by atoms with E-state index in [-0.39, 0.29) is 0 Å². The molecule has 0 saturated carbocycles. The van der Waals surface area contributed by atoms with Crippen molar-refractivity contribution in [2.75, 3.05) is 11.9 Å². The number of thioether (sulfide) groups is 1. The monoisotopic (exact) mass is 489 g/mol.